The number of para-hydroxylation sites is 1. The van der Waals surface area contributed by atoms with Crippen molar-refractivity contribution in [2.75, 3.05) is 12.4 Å². The maximum atomic E-state index is 4.40. The molecule has 3 nitrogen and oxygen atoms in total. The van der Waals surface area contributed by atoms with E-state index in [-0.39, 0.29) is 0 Å². The number of nitrogens with zero attached hydrogens (tertiary/aromatic N) is 2. The zero-order chi connectivity index (χ0) is 10.8. The number of nitrogens with one attached hydrogen (secondary N) is 1. The summed E-state index contributed by atoms with van der Waals surface area (Å²) in [5.41, 5.74) is 2.17. The maximum absolute atomic E-state index is 4.40. The van der Waals surface area contributed by atoms with Crippen molar-refractivity contribution < 1.29 is 0 Å². The third kappa shape index (κ3) is 1.99. The molecule has 0 bridgehead atoms. The molecule has 0 radical (unpaired) electrons. The van der Waals surface area contributed by atoms with Gasteiger partial charge in [0.25, 0.3) is 0 Å². The Kier molecular flexibility index (Phi) is 2.95. The molecule has 0 aliphatic heterocycles. The number of halogens is 1. The van der Waals surface area contributed by atoms with Crippen molar-refractivity contribution in [1.29, 1.82) is 0 Å². The smallest absolute Gasteiger partial charge is 0.207 e. The van der Waals surface area contributed by atoms with E-state index in [9.17, 15) is 0 Å². The summed E-state index contributed by atoms with van der Waals surface area (Å²) >= 11 is 2.33. The van der Waals surface area contributed by atoms with Crippen LogP contribution in [0.1, 0.15) is 5.69 Å². The van der Waals surface area contributed by atoms with Gasteiger partial charge in [-0.25, -0.2) is 4.98 Å². The second-order valence-electron chi connectivity index (χ2n) is 3.28. The highest BCUT2D eigenvalue weighted by molar-refractivity contribution is 14.1. The summed E-state index contributed by atoms with van der Waals surface area (Å²) in [6.45, 7) is 1.99. The monoisotopic (exact) mass is 313 g/mol. The quantitative estimate of drug-likeness (QED) is 0.864. The Bertz CT molecular complexity index is 476. The SMILES string of the molecule is CNc1nc(C)cn1-c1ccccc1I. The lowest BCUT2D eigenvalue weighted by Crippen LogP contribution is -2.01. The standard InChI is InChI=1S/C11H12IN3/c1-8-7-15(11(13-2)14-8)10-6-4-3-5-9(10)12/h3-7H,1-2H3,(H,13,14). The molecule has 0 fully saturated rings. The van der Waals surface area contributed by atoms with Crippen molar-refractivity contribution in [3.63, 3.8) is 0 Å². The largest absolute Gasteiger partial charge is 0.358 e. The van der Waals surface area contributed by atoms with Gasteiger partial charge in [0.15, 0.2) is 0 Å². The van der Waals surface area contributed by atoms with Crippen LogP contribution >= 0.6 is 22.6 Å². The van der Waals surface area contributed by atoms with Crippen LogP contribution < -0.4 is 5.32 Å². The summed E-state index contributed by atoms with van der Waals surface area (Å²) in [5.74, 6) is 0.872. The van der Waals surface area contributed by atoms with Gasteiger partial charge in [0, 0.05) is 16.8 Å². The Balaban J connectivity index is 2.58. The van der Waals surface area contributed by atoms with Gasteiger partial charge in [-0.2, -0.15) is 0 Å². The fourth-order valence-corrected chi connectivity index (χ4v) is 2.15. The van der Waals surface area contributed by atoms with Gasteiger partial charge >= 0.3 is 0 Å². The van der Waals surface area contributed by atoms with E-state index in [1.807, 2.05) is 32.3 Å². The van der Waals surface area contributed by atoms with Crippen LogP contribution in [0.3, 0.4) is 0 Å². The lowest BCUT2D eigenvalue weighted by molar-refractivity contribution is 1.05. The molecule has 15 heavy (non-hydrogen) atoms. The molecule has 0 saturated heterocycles. The van der Waals surface area contributed by atoms with Crippen LogP contribution in [0.25, 0.3) is 5.69 Å². The Morgan fingerprint density at radius 3 is 2.73 bits per heavy atom. The van der Waals surface area contributed by atoms with Crippen LogP contribution in [-0.4, -0.2) is 16.6 Å². The van der Waals surface area contributed by atoms with Crippen molar-refractivity contribution in [2.24, 2.45) is 0 Å². The third-order valence-corrected chi connectivity index (χ3v) is 3.07. The number of anilines is 1. The molecule has 0 unspecified atom stereocenters. The topological polar surface area (TPSA) is 29.9 Å². The van der Waals surface area contributed by atoms with Crippen LogP contribution in [-0.2, 0) is 0 Å². The Hall–Kier alpha value is -1.04. The second-order valence-corrected chi connectivity index (χ2v) is 4.44. The van der Waals surface area contributed by atoms with Crippen LogP contribution in [0, 0.1) is 10.5 Å². The molecule has 78 valence electrons. The van der Waals surface area contributed by atoms with E-state index in [2.05, 4.69) is 49.6 Å². The summed E-state index contributed by atoms with van der Waals surface area (Å²) in [5, 5.41) is 3.09. The number of benzene rings is 1. The van der Waals surface area contributed by atoms with Gasteiger partial charge in [-0.05, 0) is 41.6 Å². The summed E-state index contributed by atoms with van der Waals surface area (Å²) in [4.78, 5) is 4.40. The van der Waals surface area contributed by atoms with E-state index in [1.54, 1.807) is 0 Å². The van der Waals surface area contributed by atoms with E-state index < -0.39 is 0 Å². The van der Waals surface area contributed by atoms with E-state index in [0.717, 1.165) is 17.3 Å². The van der Waals surface area contributed by atoms with Gasteiger partial charge in [0.1, 0.15) is 0 Å². The Morgan fingerprint density at radius 1 is 1.33 bits per heavy atom. The molecule has 1 aromatic carbocycles. The highest BCUT2D eigenvalue weighted by Crippen LogP contribution is 2.21. The summed E-state index contributed by atoms with van der Waals surface area (Å²) < 4.78 is 3.28. The highest BCUT2D eigenvalue weighted by atomic mass is 127. The summed E-state index contributed by atoms with van der Waals surface area (Å²) in [7, 11) is 1.88. The number of hydrogen-bond donors (Lipinski definition) is 1. The molecular formula is C11H12IN3. The molecule has 0 atom stereocenters. The first-order valence-electron chi connectivity index (χ1n) is 4.71. The lowest BCUT2D eigenvalue weighted by Gasteiger charge is -2.08. The highest BCUT2D eigenvalue weighted by Gasteiger charge is 2.07. The molecule has 0 saturated carbocycles. The molecule has 1 heterocycles. The normalized spacial score (nSPS) is 10.3. The van der Waals surface area contributed by atoms with Crippen LogP contribution in [0.15, 0.2) is 30.5 Å². The summed E-state index contributed by atoms with van der Waals surface area (Å²) in [6, 6.07) is 8.24. The molecule has 0 amide bonds. The molecule has 0 aliphatic rings. The number of hydrogen-bond acceptors (Lipinski definition) is 2. The molecule has 1 N–H and O–H groups in total. The van der Waals surface area contributed by atoms with Crippen molar-refractivity contribution >= 4 is 28.5 Å². The first kappa shape index (κ1) is 10.5. The van der Waals surface area contributed by atoms with E-state index in [1.165, 1.54) is 3.57 Å². The number of aromatic nitrogens is 2. The van der Waals surface area contributed by atoms with Gasteiger partial charge in [-0.1, -0.05) is 12.1 Å². The molecule has 0 aliphatic carbocycles. The average molecular weight is 313 g/mol. The zero-order valence-corrected chi connectivity index (χ0v) is 10.8. The molecule has 0 spiro atoms. The molecular weight excluding hydrogens is 301 g/mol. The second kappa shape index (κ2) is 4.22. The van der Waals surface area contributed by atoms with E-state index in [4.69, 9.17) is 0 Å². The fourth-order valence-electron chi connectivity index (χ4n) is 1.50. The van der Waals surface area contributed by atoms with Gasteiger partial charge < -0.3 is 5.32 Å². The average Bonchev–Trinajstić information content (AvgIpc) is 2.60. The molecule has 1 aromatic heterocycles. The minimum Gasteiger partial charge on any atom is -0.358 e. The van der Waals surface area contributed by atoms with E-state index in [0.29, 0.717) is 0 Å². The van der Waals surface area contributed by atoms with Crippen LogP contribution in [0.4, 0.5) is 5.95 Å². The first-order valence-corrected chi connectivity index (χ1v) is 5.79. The van der Waals surface area contributed by atoms with Crippen molar-refractivity contribution in [1.82, 2.24) is 9.55 Å². The Morgan fingerprint density at radius 2 is 2.07 bits per heavy atom. The zero-order valence-electron chi connectivity index (χ0n) is 8.66. The van der Waals surface area contributed by atoms with Crippen molar-refractivity contribution in [2.45, 2.75) is 6.92 Å². The third-order valence-electron chi connectivity index (χ3n) is 2.16. The van der Waals surface area contributed by atoms with Crippen molar-refractivity contribution in [3.05, 3.63) is 39.7 Å². The van der Waals surface area contributed by atoms with E-state index >= 15 is 0 Å². The minimum absolute atomic E-state index is 0.872. The van der Waals surface area contributed by atoms with Gasteiger partial charge in [0.05, 0.1) is 11.4 Å². The molecule has 2 aromatic rings. The molecule has 2 rings (SSSR count). The predicted molar refractivity (Wildman–Crippen MR) is 70.6 cm³/mol. The van der Waals surface area contributed by atoms with Crippen LogP contribution in [0.2, 0.25) is 0 Å². The predicted octanol–water partition coefficient (Wildman–Crippen LogP) is 2.83. The van der Waals surface area contributed by atoms with Crippen molar-refractivity contribution in [3.8, 4) is 5.69 Å². The number of imidazole rings is 1. The summed E-state index contributed by atoms with van der Waals surface area (Å²) in [6.07, 6.45) is 2.03. The number of rotatable bonds is 2. The minimum atomic E-state index is 0.872. The van der Waals surface area contributed by atoms with Crippen LogP contribution in [0.5, 0.6) is 0 Å². The number of aryl methyl sites for hydroxylation is 1. The fraction of sp³-hybridized carbons (Fsp3) is 0.182. The molecule has 4 heteroatoms. The van der Waals surface area contributed by atoms with Gasteiger partial charge in [-0.15, -0.1) is 0 Å². The van der Waals surface area contributed by atoms with Gasteiger partial charge in [-0.3, -0.25) is 4.57 Å². The maximum Gasteiger partial charge on any atom is 0.207 e. The first-order chi connectivity index (χ1) is 7.22. The van der Waals surface area contributed by atoms with Gasteiger partial charge in [0.2, 0.25) is 5.95 Å². The lowest BCUT2D eigenvalue weighted by atomic mass is 10.3. The Labute approximate surface area is 103 Å².